The first kappa shape index (κ1) is 46.6. The minimum atomic E-state index is 1.09. The number of fused-ring (bicyclic) bond motifs is 11. The van der Waals surface area contributed by atoms with Gasteiger partial charge in [0.25, 0.3) is 0 Å². The number of aromatic nitrogens is 2. The second kappa shape index (κ2) is 19.2. The van der Waals surface area contributed by atoms with E-state index in [1.165, 1.54) is 96.8 Å². The van der Waals surface area contributed by atoms with E-state index in [9.17, 15) is 0 Å². The Hall–Kier alpha value is -10.5. The number of rotatable bonds is 10. The fourth-order valence-electron chi connectivity index (χ4n) is 12.6. The van der Waals surface area contributed by atoms with Crippen LogP contribution in [-0.4, -0.2) is 9.13 Å². The molecule has 0 bridgehead atoms. The maximum atomic E-state index is 2.48. The highest BCUT2D eigenvalue weighted by atomic mass is 32.1. The van der Waals surface area contributed by atoms with Gasteiger partial charge >= 0.3 is 0 Å². The van der Waals surface area contributed by atoms with Gasteiger partial charge in [0.2, 0.25) is 0 Å². The van der Waals surface area contributed by atoms with Crippen LogP contribution in [0.2, 0.25) is 0 Å². The second-order valence-corrected chi connectivity index (χ2v) is 22.0. The molecule has 5 heteroatoms. The van der Waals surface area contributed by atoms with E-state index in [1.54, 1.807) is 0 Å². The van der Waals surface area contributed by atoms with Crippen molar-refractivity contribution in [3.8, 4) is 33.6 Å². The standard InChI is InChI=1S/C76H50N4S/c1-5-19-51(20-6-1)53-33-37-57(38-34-53)77(59-42-45-71-67(47-59)63-28-15-17-31-69(63)79(71)55-23-9-3-10-24-55)61-41-44-66-74(49-61)81-75-50-73(62-27-13-14-30-65(62)76(66)75)78(58-39-35-54(36-40-58)52-21-7-2-8-22-52)60-43-46-72-68(48-60)64-29-16-18-32-70(64)80(72)56-25-11-4-12-26-56/h1-50H. The van der Waals surface area contributed by atoms with Gasteiger partial charge in [-0.25, -0.2) is 0 Å². The molecule has 4 nitrogen and oxygen atoms in total. The zero-order valence-corrected chi connectivity index (χ0v) is 44.9. The van der Waals surface area contributed by atoms with Gasteiger partial charge in [0.05, 0.1) is 27.8 Å². The molecule has 0 fully saturated rings. The van der Waals surface area contributed by atoms with Crippen LogP contribution in [0.3, 0.4) is 0 Å². The van der Waals surface area contributed by atoms with Gasteiger partial charge in [-0.3, -0.25) is 0 Å². The van der Waals surface area contributed by atoms with Gasteiger partial charge in [0, 0.05) is 86.9 Å². The summed E-state index contributed by atoms with van der Waals surface area (Å²) < 4.78 is 7.24. The molecular formula is C76H50N4S. The average Bonchev–Trinajstić information content (AvgIpc) is 4.21. The molecule has 0 saturated carbocycles. The molecular weight excluding hydrogens is 1000 g/mol. The van der Waals surface area contributed by atoms with Crippen molar-refractivity contribution in [3.05, 3.63) is 303 Å². The molecule has 0 unspecified atom stereocenters. The number of anilines is 6. The molecule has 0 atom stereocenters. The van der Waals surface area contributed by atoms with Crippen LogP contribution in [-0.2, 0) is 0 Å². The number of hydrogen-bond acceptors (Lipinski definition) is 3. The van der Waals surface area contributed by atoms with Crippen molar-refractivity contribution in [2.45, 2.75) is 0 Å². The lowest BCUT2D eigenvalue weighted by atomic mass is 10.00. The van der Waals surface area contributed by atoms with E-state index in [1.807, 2.05) is 11.3 Å². The second-order valence-electron chi connectivity index (χ2n) is 20.9. The smallest absolute Gasteiger partial charge is 0.0554 e. The zero-order chi connectivity index (χ0) is 53.4. The van der Waals surface area contributed by atoms with Gasteiger partial charge in [0.15, 0.2) is 0 Å². The number of benzene rings is 13. The van der Waals surface area contributed by atoms with E-state index < -0.39 is 0 Å². The maximum Gasteiger partial charge on any atom is 0.0554 e. The van der Waals surface area contributed by atoms with E-state index in [0.29, 0.717) is 0 Å². The molecule has 0 amide bonds. The molecule has 0 spiro atoms. The van der Waals surface area contributed by atoms with Crippen LogP contribution < -0.4 is 9.80 Å². The molecule has 0 aliphatic rings. The fraction of sp³-hybridized carbons (Fsp3) is 0. The van der Waals surface area contributed by atoms with Gasteiger partial charge in [-0.15, -0.1) is 11.3 Å². The minimum Gasteiger partial charge on any atom is -0.310 e. The third-order valence-corrected chi connectivity index (χ3v) is 17.4. The first-order valence-corrected chi connectivity index (χ1v) is 28.5. The zero-order valence-electron chi connectivity index (χ0n) is 44.1. The van der Waals surface area contributed by atoms with Gasteiger partial charge in [0.1, 0.15) is 0 Å². The molecule has 3 heterocycles. The highest BCUT2D eigenvalue weighted by Gasteiger charge is 2.24. The number of hydrogen-bond donors (Lipinski definition) is 0. The molecule has 16 aromatic rings. The predicted octanol–water partition coefficient (Wildman–Crippen LogP) is 21.7. The Morgan fingerprint density at radius 3 is 1.15 bits per heavy atom. The SMILES string of the molecule is c1ccc(-c2ccc(N(c3ccc4c(c3)sc3cc(N(c5ccc(-c6ccccc6)cc5)c5ccc6c(c5)c5ccccc5n6-c5ccccc5)c5ccccc5c34)c3ccc4c(c3)c3ccccc3n4-c3ccccc3)cc2)cc1. The van der Waals surface area contributed by atoms with E-state index in [2.05, 4.69) is 322 Å². The van der Waals surface area contributed by atoms with Crippen molar-refractivity contribution >= 4 is 120 Å². The summed E-state index contributed by atoms with van der Waals surface area (Å²) in [5.41, 5.74) is 18.4. The molecule has 380 valence electrons. The highest BCUT2D eigenvalue weighted by Crippen LogP contribution is 2.49. The quantitative estimate of drug-likeness (QED) is 0.136. The summed E-state index contributed by atoms with van der Waals surface area (Å²) in [5, 5.41) is 9.80. The van der Waals surface area contributed by atoms with Crippen LogP contribution in [0.25, 0.3) is 108 Å². The van der Waals surface area contributed by atoms with Crippen LogP contribution in [0.15, 0.2) is 303 Å². The van der Waals surface area contributed by atoms with Gasteiger partial charge in [-0.05, 0) is 143 Å². The molecule has 0 radical (unpaired) electrons. The maximum absolute atomic E-state index is 2.48. The Balaban J connectivity index is 0.884. The Kier molecular flexibility index (Phi) is 11.0. The Bertz CT molecular complexity index is 5020. The first-order chi connectivity index (χ1) is 40.2. The third-order valence-electron chi connectivity index (χ3n) is 16.3. The number of nitrogens with zero attached hydrogens (tertiary/aromatic N) is 4. The van der Waals surface area contributed by atoms with Crippen LogP contribution in [0.4, 0.5) is 34.1 Å². The molecule has 0 N–H and O–H groups in total. The molecule has 0 aliphatic heterocycles. The third kappa shape index (κ3) is 7.81. The van der Waals surface area contributed by atoms with Crippen LogP contribution >= 0.6 is 11.3 Å². The van der Waals surface area contributed by atoms with Crippen molar-refractivity contribution in [1.29, 1.82) is 0 Å². The molecule has 0 aliphatic carbocycles. The van der Waals surface area contributed by atoms with E-state index in [-0.39, 0.29) is 0 Å². The van der Waals surface area contributed by atoms with Crippen molar-refractivity contribution < 1.29 is 0 Å². The van der Waals surface area contributed by atoms with Gasteiger partial charge in [-0.2, -0.15) is 0 Å². The normalized spacial score (nSPS) is 11.7. The Morgan fingerprint density at radius 2 is 0.617 bits per heavy atom. The lowest BCUT2D eigenvalue weighted by Gasteiger charge is -2.27. The van der Waals surface area contributed by atoms with Crippen LogP contribution in [0, 0.1) is 0 Å². The number of thiophene rings is 1. The van der Waals surface area contributed by atoms with E-state index >= 15 is 0 Å². The Labute approximate surface area is 473 Å². The summed E-state index contributed by atoms with van der Waals surface area (Å²) in [6, 6.07) is 111. The van der Waals surface area contributed by atoms with E-state index in [4.69, 9.17) is 0 Å². The van der Waals surface area contributed by atoms with Gasteiger partial charge in [-0.1, -0.05) is 188 Å². The largest absolute Gasteiger partial charge is 0.310 e. The summed E-state index contributed by atoms with van der Waals surface area (Å²) in [5.74, 6) is 0. The van der Waals surface area contributed by atoms with Crippen molar-refractivity contribution in [3.63, 3.8) is 0 Å². The lowest BCUT2D eigenvalue weighted by molar-refractivity contribution is 1.18. The van der Waals surface area contributed by atoms with Crippen LogP contribution in [0.5, 0.6) is 0 Å². The molecule has 16 rings (SSSR count). The highest BCUT2D eigenvalue weighted by molar-refractivity contribution is 7.26. The average molecular weight is 1050 g/mol. The summed E-state index contributed by atoms with van der Waals surface area (Å²) >= 11 is 1.87. The summed E-state index contributed by atoms with van der Waals surface area (Å²) in [6.07, 6.45) is 0. The topological polar surface area (TPSA) is 16.3 Å². The summed E-state index contributed by atoms with van der Waals surface area (Å²) in [4.78, 5) is 4.91. The van der Waals surface area contributed by atoms with E-state index in [0.717, 1.165) is 45.5 Å². The first-order valence-electron chi connectivity index (χ1n) is 27.7. The summed E-state index contributed by atoms with van der Waals surface area (Å²) in [6.45, 7) is 0. The van der Waals surface area contributed by atoms with Crippen molar-refractivity contribution in [1.82, 2.24) is 9.13 Å². The van der Waals surface area contributed by atoms with Gasteiger partial charge < -0.3 is 18.9 Å². The lowest BCUT2D eigenvalue weighted by Crippen LogP contribution is -2.10. The Morgan fingerprint density at radius 1 is 0.235 bits per heavy atom. The van der Waals surface area contributed by atoms with Crippen molar-refractivity contribution in [2.75, 3.05) is 9.80 Å². The monoisotopic (exact) mass is 1050 g/mol. The van der Waals surface area contributed by atoms with Crippen molar-refractivity contribution in [2.24, 2.45) is 0 Å². The molecule has 13 aromatic carbocycles. The molecule has 0 saturated heterocycles. The molecule has 81 heavy (non-hydrogen) atoms. The molecule has 3 aromatic heterocycles. The minimum absolute atomic E-state index is 1.09. The van der Waals surface area contributed by atoms with Crippen LogP contribution in [0.1, 0.15) is 0 Å². The number of para-hydroxylation sites is 4. The fourth-order valence-corrected chi connectivity index (χ4v) is 13.8. The predicted molar refractivity (Wildman–Crippen MR) is 346 cm³/mol. The summed E-state index contributed by atoms with van der Waals surface area (Å²) in [7, 11) is 0.